The van der Waals surface area contributed by atoms with E-state index in [-0.39, 0.29) is 51.0 Å². The Kier molecular flexibility index (Phi) is 8.90. The molecule has 0 aliphatic carbocycles. The fraction of sp³-hybridized carbons (Fsp3) is 0. The van der Waals surface area contributed by atoms with Crippen molar-refractivity contribution in [3.8, 4) is 0 Å². The minimum Gasteiger partial charge on any atom is -1.00 e. The van der Waals surface area contributed by atoms with Crippen molar-refractivity contribution in [2.75, 3.05) is 0 Å². The van der Waals surface area contributed by atoms with E-state index in [1.807, 2.05) is 0 Å². The molecule has 142 valence electrons. The zero-order valence-corrected chi connectivity index (χ0v) is 21.8. The molecule has 5 heteroatoms. The Bertz CT molecular complexity index is 1210. The summed E-state index contributed by atoms with van der Waals surface area (Å²) in [7, 11) is -0.600. The van der Waals surface area contributed by atoms with Gasteiger partial charge in [-0.05, 0) is 13.2 Å². The molecule has 0 saturated carbocycles. The molecule has 5 rings (SSSR count). The SMILES string of the molecule is Brc1cccc2cc(P(c3ccccc3)c3cccc4[cH-]ccc34)[cH-]c12.[Cl-].[Cl-].[Zr+4]. The third-order valence-corrected chi connectivity index (χ3v) is 8.00. The van der Waals surface area contributed by atoms with Crippen molar-refractivity contribution in [3.63, 3.8) is 0 Å². The van der Waals surface area contributed by atoms with Gasteiger partial charge in [-0.3, -0.25) is 0 Å². The van der Waals surface area contributed by atoms with E-state index in [2.05, 4.69) is 113 Å². The molecule has 0 saturated heterocycles. The van der Waals surface area contributed by atoms with Crippen molar-refractivity contribution in [3.05, 3.63) is 102 Å². The molecular formula is C24H16BrCl2PZr. The summed E-state index contributed by atoms with van der Waals surface area (Å²) in [5.41, 5.74) is 0. The van der Waals surface area contributed by atoms with Crippen molar-refractivity contribution in [1.82, 2.24) is 0 Å². The molecule has 0 amide bonds. The van der Waals surface area contributed by atoms with Crippen LogP contribution in [0.4, 0.5) is 0 Å². The van der Waals surface area contributed by atoms with Gasteiger partial charge in [0.05, 0.1) is 0 Å². The Labute approximate surface area is 212 Å². The first-order valence-electron chi connectivity index (χ1n) is 8.66. The maximum Gasteiger partial charge on any atom is 4.00 e. The molecule has 5 aromatic carbocycles. The second kappa shape index (κ2) is 10.5. The maximum absolute atomic E-state index is 3.71. The number of fused-ring (bicyclic) bond motifs is 2. The van der Waals surface area contributed by atoms with E-state index in [9.17, 15) is 0 Å². The number of hydrogen-bond donors (Lipinski definition) is 0. The molecule has 0 spiro atoms. The van der Waals surface area contributed by atoms with E-state index in [1.165, 1.54) is 37.5 Å². The van der Waals surface area contributed by atoms with Gasteiger partial charge >= 0.3 is 26.2 Å². The Balaban J connectivity index is 0.000001000. The molecule has 0 heterocycles. The van der Waals surface area contributed by atoms with Crippen LogP contribution in [0.5, 0.6) is 0 Å². The van der Waals surface area contributed by atoms with Gasteiger partial charge in [-0.15, -0.1) is 73.1 Å². The van der Waals surface area contributed by atoms with Crippen LogP contribution in [0, 0.1) is 0 Å². The first kappa shape index (κ1) is 24.5. The average Bonchev–Trinajstić information content (AvgIpc) is 3.31. The number of hydrogen-bond acceptors (Lipinski definition) is 0. The van der Waals surface area contributed by atoms with E-state index in [4.69, 9.17) is 0 Å². The van der Waals surface area contributed by atoms with E-state index in [0.717, 1.165) is 4.47 Å². The van der Waals surface area contributed by atoms with Gasteiger partial charge in [-0.2, -0.15) is 18.2 Å². The van der Waals surface area contributed by atoms with Gasteiger partial charge in [0.15, 0.2) is 0 Å². The zero-order valence-electron chi connectivity index (χ0n) is 15.3. The van der Waals surface area contributed by atoms with Crippen LogP contribution in [-0.2, 0) is 26.2 Å². The number of rotatable bonds is 3. The summed E-state index contributed by atoms with van der Waals surface area (Å²) in [6.07, 6.45) is 0. The van der Waals surface area contributed by atoms with E-state index in [0.29, 0.717) is 0 Å². The summed E-state index contributed by atoms with van der Waals surface area (Å²) >= 11 is 3.71. The van der Waals surface area contributed by atoms with Crippen molar-refractivity contribution < 1.29 is 51.0 Å². The predicted octanol–water partition coefficient (Wildman–Crippen LogP) is -0.0430. The number of benzene rings is 3. The molecule has 0 radical (unpaired) electrons. The molecule has 1 atom stereocenters. The summed E-state index contributed by atoms with van der Waals surface area (Å²) in [4.78, 5) is 0. The average molecular weight is 577 g/mol. The van der Waals surface area contributed by atoms with Crippen LogP contribution in [0.15, 0.2) is 102 Å². The second-order valence-corrected chi connectivity index (χ2v) is 9.47. The van der Waals surface area contributed by atoms with Gasteiger partial charge in [0.1, 0.15) is 0 Å². The Morgan fingerprint density at radius 2 is 1.55 bits per heavy atom. The molecular weight excluding hydrogens is 561 g/mol. The largest absolute Gasteiger partial charge is 4.00 e. The normalized spacial score (nSPS) is 11.3. The van der Waals surface area contributed by atoms with E-state index < -0.39 is 7.92 Å². The van der Waals surface area contributed by atoms with Crippen LogP contribution < -0.4 is 40.7 Å². The molecule has 0 nitrogen and oxygen atoms in total. The topological polar surface area (TPSA) is 0 Å². The van der Waals surface area contributed by atoms with Gasteiger partial charge in [-0.25, -0.2) is 0 Å². The molecule has 0 bridgehead atoms. The number of halogens is 3. The molecule has 0 aromatic heterocycles. The second-order valence-electron chi connectivity index (χ2n) is 6.43. The Morgan fingerprint density at radius 3 is 2.31 bits per heavy atom. The Hall–Kier alpha value is -0.747. The van der Waals surface area contributed by atoms with Crippen LogP contribution in [0.1, 0.15) is 0 Å². The third kappa shape index (κ3) is 4.63. The molecule has 0 fully saturated rings. The van der Waals surface area contributed by atoms with Gasteiger partial charge in [-0.1, -0.05) is 58.3 Å². The monoisotopic (exact) mass is 574 g/mol. The summed E-state index contributed by atoms with van der Waals surface area (Å²) < 4.78 is 1.16. The first-order valence-corrected chi connectivity index (χ1v) is 10.8. The minimum absolute atomic E-state index is 0. The molecule has 5 aromatic rings. The Morgan fingerprint density at radius 1 is 0.793 bits per heavy atom. The van der Waals surface area contributed by atoms with Crippen molar-refractivity contribution in [2.24, 2.45) is 0 Å². The summed E-state index contributed by atoms with van der Waals surface area (Å²) in [6, 6.07) is 35.4. The van der Waals surface area contributed by atoms with Gasteiger partial charge in [0.2, 0.25) is 0 Å². The zero-order chi connectivity index (χ0) is 17.5. The van der Waals surface area contributed by atoms with Gasteiger partial charge in [0, 0.05) is 0 Å². The smallest absolute Gasteiger partial charge is 1.00 e. The van der Waals surface area contributed by atoms with Crippen LogP contribution in [0.2, 0.25) is 0 Å². The van der Waals surface area contributed by atoms with Crippen LogP contribution >= 0.6 is 23.9 Å². The van der Waals surface area contributed by atoms with Gasteiger partial charge < -0.3 is 24.8 Å². The van der Waals surface area contributed by atoms with Crippen molar-refractivity contribution in [1.29, 1.82) is 0 Å². The van der Waals surface area contributed by atoms with E-state index in [1.54, 1.807) is 0 Å². The van der Waals surface area contributed by atoms with Gasteiger partial charge in [0.25, 0.3) is 0 Å². The predicted molar refractivity (Wildman–Crippen MR) is 119 cm³/mol. The summed E-state index contributed by atoms with van der Waals surface area (Å²) in [5, 5.41) is 9.51. The molecule has 29 heavy (non-hydrogen) atoms. The minimum atomic E-state index is -0.600. The van der Waals surface area contributed by atoms with Crippen LogP contribution in [0.25, 0.3) is 21.5 Å². The quantitative estimate of drug-likeness (QED) is 0.209. The molecule has 0 aliphatic heterocycles. The summed E-state index contributed by atoms with van der Waals surface area (Å²) in [5.74, 6) is 0. The standard InChI is InChI=1S/C24H16BrP.2ClH.Zr/c25-23-13-5-9-18-15-20(16-22(18)23)26(19-10-2-1-3-11-19)24-14-6-8-17-7-4-12-21(17)24;;;/h1-16H;2*1H;/q-2;;;+4/p-2. The third-order valence-electron chi connectivity index (χ3n) is 4.85. The summed E-state index contributed by atoms with van der Waals surface area (Å²) in [6.45, 7) is 0. The maximum atomic E-state index is 3.71. The fourth-order valence-electron chi connectivity index (χ4n) is 3.65. The molecule has 0 N–H and O–H groups in total. The molecule has 1 unspecified atom stereocenters. The van der Waals surface area contributed by atoms with Crippen LogP contribution in [0.3, 0.4) is 0 Å². The fourth-order valence-corrected chi connectivity index (χ4v) is 6.68. The molecule has 0 aliphatic rings. The van der Waals surface area contributed by atoms with Crippen LogP contribution in [-0.4, -0.2) is 0 Å². The first-order chi connectivity index (χ1) is 12.8. The van der Waals surface area contributed by atoms with E-state index >= 15 is 0 Å². The van der Waals surface area contributed by atoms with Crippen molar-refractivity contribution >= 4 is 61.3 Å². The van der Waals surface area contributed by atoms with Crippen molar-refractivity contribution in [2.45, 2.75) is 0 Å².